The number of aromatic nitrogens is 2. The van der Waals surface area contributed by atoms with Crippen LogP contribution in [0.15, 0.2) is 41.5 Å². The molecule has 0 fully saturated rings. The van der Waals surface area contributed by atoms with Crippen LogP contribution in [0.1, 0.15) is 16.7 Å². The van der Waals surface area contributed by atoms with E-state index in [1.54, 1.807) is 6.07 Å². The van der Waals surface area contributed by atoms with Crippen molar-refractivity contribution >= 4 is 22.3 Å². The lowest BCUT2D eigenvalue weighted by atomic mass is 10.1. The maximum absolute atomic E-state index is 11.8. The molecule has 0 unspecified atom stereocenters. The summed E-state index contributed by atoms with van der Waals surface area (Å²) < 4.78 is 0. The third kappa shape index (κ3) is 3.65. The van der Waals surface area contributed by atoms with Crippen molar-refractivity contribution in [2.24, 2.45) is 0 Å². The largest absolute Gasteiger partial charge is 0.379 e. The quantitative estimate of drug-likeness (QED) is 0.550. The van der Waals surface area contributed by atoms with Crippen LogP contribution >= 0.6 is 0 Å². The first kappa shape index (κ1) is 16.6. The molecule has 0 saturated carbocycles. The number of nitro benzene ring substituents is 1. The van der Waals surface area contributed by atoms with Crippen molar-refractivity contribution in [3.63, 3.8) is 0 Å². The molecule has 3 aromatic rings. The van der Waals surface area contributed by atoms with Crippen LogP contribution in [0.4, 0.5) is 11.4 Å². The van der Waals surface area contributed by atoms with Gasteiger partial charge in [0.15, 0.2) is 0 Å². The summed E-state index contributed by atoms with van der Waals surface area (Å²) in [7, 11) is 0. The Labute approximate surface area is 143 Å². The second-order valence-corrected chi connectivity index (χ2v) is 6.05. The predicted octanol–water partition coefficient (Wildman–Crippen LogP) is 3.10. The first-order valence-electron chi connectivity index (χ1n) is 7.91. The van der Waals surface area contributed by atoms with Crippen LogP contribution < -0.4 is 10.9 Å². The third-order valence-corrected chi connectivity index (χ3v) is 3.97. The fraction of sp³-hybridized carbons (Fsp3) is 0.222. The lowest BCUT2D eigenvalue weighted by molar-refractivity contribution is -0.383. The normalized spacial score (nSPS) is 10.8. The lowest BCUT2D eigenvalue weighted by Gasteiger charge is -2.09. The van der Waals surface area contributed by atoms with Crippen LogP contribution in [0.2, 0.25) is 0 Å². The number of anilines is 1. The highest BCUT2D eigenvalue weighted by molar-refractivity contribution is 5.86. The number of aromatic amines is 1. The van der Waals surface area contributed by atoms with Gasteiger partial charge in [0, 0.05) is 12.6 Å². The number of hydrogen-bond acceptors (Lipinski definition) is 5. The molecule has 0 aliphatic rings. The molecule has 1 aromatic heterocycles. The van der Waals surface area contributed by atoms with Crippen LogP contribution in [-0.2, 0) is 6.42 Å². The van der Waals surface area contributed by atoms with Crippen LogP contribution in [0.25, 0.3) is 10.9 Å². The Morgan fingerprint density at radius 1 is 1.16 bits per heavy atom. The molecule has 7 nitrogen and oxygen atoms in total. The SMILES string of the molecule is Cc1cc(C)cc(CCNc2cc3nc[nH]c(=O)c3cc2[N+](=O)[O-])c1. The molecule has 0 aliphatic heterocycles. The smallest absolute Gasteiger partial charge is 0.293 e. The molecule has 0 saturated heterocycles. The van der Waals surface area contributed by atoms with E-state index in [0.717, 1.165) is 6.42 Å². The second kappa shape index (κ2) is 6.72. The van der Waals surface area contributed by atoms with E-state index < -0.39 is 10.5 Å². The van der Waals surface area contributed by atoms with Gasteiger partial charge in [-0.15, -0.1) is 0 Å². The van der Waals surface area contributed by atoms with Crippen molar-refractivity contribution < 1.29 is 4.92 Å². The zero-order chi connectivity index (χ0) is 18.0. The van der Waals surface area contributed by atoms with E-state index in [-0.39, 0.29) is 11.1 Å². The Kier molecular flexibility index (Phi) is 4.47. The molecule has 0 bridgehead atoms. The molecule has 7 heteroatoms. The molecular formula is C18H18N4O3. The van der Waals surface area contributed by atoms with Gasteiger partial charge >= 0.3 is 0 Å². The topological polar surface area (TPSA) is 101 Å². The van der Waals surface area contributed by atoms with E-state index >= 15 is 0 Å². The summed E-state index contributed by atoms with van der Waals surface area (Å²) in [5.41, 5.74) is 3.80. The molecular weight excluding hydrogens is 320 g/mol. The summed E-state index contributed by atoms with van der Waals surface area (Å²) in [6.07, 6.45) is 2.02. The standard InChI is InChI=1S/C18H18N4O3/c1-11-5-12(2)7-13(6-11)3-4-19-16-9-15-14(8-17(16)22(24)25)18(23)21-10-20-15/h5-10,19H,3-4H2,1-2H3,(H,20,21,23). The van der Waals surface area contributed by atoms with Gasteiger partial charge in [-0.1, -0.05) is 29.3 Å². The highest BCUT2D eigenvalue weighted by Crippen LogP contribution is 2.27. The van der Waals surface area contributed by atoms with Crippen molar-refractivity contribution in [2.45, 2.75) is 20.3 Å². The molecule has 2 aromatic carbocycles. The van der Waals surface area contributed by atoms with E-state index in [1.807, 2.05) is 13.8 Å². The fourth-order valence-corrected chi connectivity index (χ4v) is 2.95. The number of nitro groups is 1. The summed E-state index contributed by atoms with van der Waals surface area (Å²) >= 11 is 0. The summed E-state index contributed by atoms with van der Waals surface area (Å²) in [5.74, 6) is 0. The van der Waals surface area contributed by atoms with Crippen LogP contribution in [0, 0.1) is 24.0 Å². The molecule has 2 N–H and O–H groups in total. The predicted molar refractivity (Wildman–Crippen MR) is 97.1 cm³/mol. The molecule has 25 heavy (non-hydrogen) atoms. The Hall–Kier alpha value is -3.22. The summed E-state index contributed by atoms with van der Waals surface area (Å²) in [5, 5.41) is 14.6. The monoisotopic (exact) mass is 338 g/mol. The minimum atomic E-state index is -0.495. The molecule has 0 aliphatic carbocycles. The Balaban J connectivity index is 1.86. The fourth-order valence-electron chi connectivity index (χ4n) is 2.95. The van der Waals surface area contributed by atoms with Gasteiger partial charge in [0.05, 0.1) is 22.2 Å². The average molecular weight is 338 g/mol. The summed E-state index contributed by atoms with van der Waals surface area (Å²) in [6, 6.07) is 9.12. The van der Waals surface area contributed by atoms with E-state index in [9.17, 15) is 14.9 Å². The summed E-state index contributed by atoms with van der Waals surface area (Å²) in [4.78, 5) is 29.1. The van der Waals surface area contributed by atoms with Gasteiger partial charge in [0.25, 0.3) is 11.2 Å². The third-order valence-electron chi connectivity index (χ3n) is 3.97. The number of nitrogens with one attached hydrogen (secondary N) is 2. The van der Waals surface area contributed by atoms with Gasteiger partial charge in [-0.05, 0) is 31.9 Å². The number of nitrogens with zero attached hydrogens (tertiary/aromatic N) is 2. The van der Waals surface area contributed by atoms with Gasteiger partial charge in [-0.2, -0.15) is 0 Å². The maximum atomic E-state index is 11.8. The Morgan fingerprint density at radius 3 is 2.56 bits per heavy atom. The van der Waals surface area contributed by atoms with Crippen molar-refractivity contribution in [3.05, 3.63) is 73.8 Å². The molecule has 3 rings (SSSR count). The molecule has 0 atom stereocenters. The Morgan fingerprint density at radius 2 is 1.88 bits per heavy atom. The number of aryl methyl sites for hydroxylation is 2. The Bertz CT molecular complexity index is 991. The number of H-pyrrole nitrogens is 1. The number of hydrogen-bond donors (Lipinski definition) is 2. The van der Waals surface area contributed by atoms with E-state index in [4.69, 9.17) is 0 Å². The van der Waals surface area contributed by atoms with E-state index in [2.05, 4.69) is 33.5 Å². The second-order valence-electron chi connectivity index (χ2n) is 6.05. The molecule has 1 heterocycles. The molecule has 0 spiro atoms. The first-order chi connectivity index (χ1) is 11.9. The van der Waals surface area contributed by atoms with E-state index in [1.165, 1.54) is 29.1 Å². The van der Waals surface area contributed by atoms with Gasteiger partial charge in [0.1, 0.15) is 5.69 Å². The molecule has 0 amide bonds. The lowest BCUT2D eigenvalue weighted by Crippen LogP contribution is -2.10. The summed E-state index contributed by atoms with van der Waals surface area (Å²) in [6.45, 7) is 4.63. The zero-order valence-electron chi connectivity index (χ0n) is 14.0. The minimum Gasteiger partial charge on any atom is -0.379 e. The molecule has 0 radical (unpaired) electrons. The number of fused-ring (bicyclic) bond motifs is 1. The highest BCUT2D eigenvalue weighted by atomic mass is 16.6. The van der Waals surface area contributed by atoms with Crippen molar-refractivity contribution in [2.75, 3.05) is 11.9 Å². The van der Waals surface area contributed by atoms with Crippen LogP contribution in [0.3, 0.4) is 0 Å². The van der Waals surface area contributed by atoms with Gasteiger partial charge in [-0.3, -0.25) is 14.9 Å². The number of rotatable bonds is 5. The van der Waals surface area contributed by atoms with E-state index in [0.29, 0.717) is 17.7 Å². The molecule has 128 valence electrons. The van der Waals surface area contributed by atoms with Crippen LogP contribution in [0.5, 0.6) is 0 Å². The van der Waals surface area contributed by atoms with Gasteiger partial charge in [-0.25, -0.2) is 4.98 Å². The zero-order valence-corrected chi connectivity index (χ0v) is 14.0. The van der Waals surface area contributed by atoms with Crippen molar-refractivity contribution in [1.82, 2.24) is 9.97 Å². The minimum absolute atomic E-state index is 0.133. The van der Waals surface area contributed by atoms with Gasteiger partial charge < -0.3 is 10.3 Å². The highest BCUT2D eigenvalue weighted by Gasteiger charge is 2.16. The van der Waals surface area contributed by atoms with Gasteiger partial charge in [0.2, 0.25) is 0 Å². The average Bonchev–Trinajstić information content (AvgIpc) is 2.53. The van der Waals surface area contributed by atoms with Crippen molar-refractivity contribution in [3.8, 4) is 0 Å². The van der Waals surface area contributed by atoms with Crippen molar-refractivity contribution in [1.29, 1.82) is 0 Å². The first-order valence-corrected chi connectivity index (χ1v) is 7.91. The number of benzene rings is 2. The maximum Gasteiger partial charge on any atom is 0.293 e. The van der Waals surface area contributed by atoms with Crippen LogP contribution in [-0.4, -0.2) is 21.4 Å².